The summed E-state index contributed by atoms with van der Waals surface area (Å²) in [7, 11) is 0. The van der Waals surface area contributed by atoms with Crippen molar-refractivity contribution in [2.45, 2.75) is 13.0 Å². The van der Waals surface area contributed by atoms with E-state index in [9.17, 15) is 0 Å². The van der Waals surface area contributed by atoms with Gasteiger partial charge in [0, 0.05) is 6.61 Å². The Labute approximate surface area is 121 Å². The Morgan fingerprint density at radius 2 is 2.10 bits per heavy atom. The Bertz CT molecular complexity index is 657. The van der Waals surface area contributed by atoms with E-state index in [1.54, 1.807) is 11.3 Å². The summed E-state index contributed by atoms with van der Waals surface area (Å²) in [6.45, 7) is 1.67. The average molecular weight is 288 g/mol. The zero-order valence-electron chi connectivity index (χ0n) is 11.0. The quantitative estimate of drug-likeness (QED) is 0.685. The number of nitrogens with one attached hydrogen (secondary N) is 1. The Hall–Kier alpha value is -1.69. The molecule has 2 heterocycles. The summed E-state index contributed by atoms with van der Waals surface area (Å²) in [5.41, 5.74) is 1.01. The van der Waals surface area contributed by atoms with Gasteiger partial charge in [-0.15, -0.1) is 11.3 Å². The number of fused-ring (bicyclic) bond motifs is 1. The number of thiazole rings is 1. The smallest absolute Gasteiger partial charge is 0.163 e. The average Bonchev–Trinajstić information content (AvgIpc) is 3.09. The van der Waals surface area contributed by atoms with Gasteiger partial charge in [-0.05, 0) is 37.2 Å². The van der Waals surface area contributed by atoms with Crippen molar-refractivity contribution in [3.05, 3.63) is 42.2 Å². The number of nitrogens with zero attached hydrogens (tertiary/aromatic N) is 1. The fraction of sp³-hybridized carbons (Fsp3) is 0.267. The summed E-state index contributed by atoms with van der Waals surface area (Å²) >= 11 is 1.64. The van der Waals surface area contributed by atoms with E-state index in [0.29, 0.717) is 6.54 Å². The van der Waals surface area contributed by atoms with Gasteiger partial charge in [0.2, 0.25) is 0 Å². The van der Waals surface area contributed by atoms with Crippen LogP contribution >= 0.6 is 11.3 Å². The summed E-state index contributed by atoms with van der Waals surface area (Å²) in [5, 5.41) is 12.8. The molecule has 0 aliphatic rings. The molecule has 0 spiro atoms. The Kier molecular flexibility index (Phi) is 4.11. The highest BCUT2D eigenvalue weighted by Crippen LogP contribution is 2.30. The molecule has 0 saturated heterocycles. The molecule has 2 aromatic heterocycles. The lowest BCUT2D eigenvalue weighted by Crippen LogP contribution is -2.15. The van der Waals surface area contributed by atoms with Crippen LogP contribution < -0.4 is 5.32 Å². The third-order valence-corrected chi connectivity index (χ3v) is 4.03. The van der Waals surface area contributed by atoms with E-state index >= 15 is 0 Å². The molecule has 3 aromatic rings. The molecule has 20 heavy (non-hydrogen) atoms. The van der Waals surface area contributed by atoms with Crippen LogP contribution in [0.25, 0.3) is 21.0 Å². The fourth-order valence-electron chi connectivity index (χ4n) is 1.98. The van der Waals surface area contributed by atoms with Gasteiger partial charge in [-0.25, -0.2) is 4.98 Å². The molecule has 5 heteroatoms. The van der Waals surface area contributed by atoms with Crippen molar-refractivity contribution in [2.24, 2.45) is 0 Å². The number of furan rings is 1. The highest BCUT2D eigenvalue weighted by molar-refractivity contribution is 7.21. The van der Waals surface area contributed by atoms with Crippen molar-refractivity contribution in [3.63, 3.8) is 0 Å². The molecule has 0 unspecified atom stereocenters. The second kappa shape index (κ2) is 6.17. The number of para-hydroxylation sites is 1. The normalized spacial score (nSPS) is 11.2. The van der Waals surface area contributed by atoms with Gasteiger partial charge in [0.25, 0.3) is 0 Å². The van der Waals surface area contributed by atoms with Gasteiger partial charge in [-0.3, -0.25) is 0 Å². The zero-order valence-corrected chi connectivity index (χ0v) is 11.8. The van der Waals surface area contributed by atoms with E-state index in [1.807, 2.05) is 30.3 Å². The third-order valence-electron chi connectivity index (χ3n) is 2.98. The number of aromatic nitrogens is 1. The summed E-state index contributed by atoms with van der Waals surface area (Å²) in [5.74, 6) is 1.70. The molecule has 0 atom stereocenters. The molecule has 4 nitrogen and oxygen atoms in total. The highest BCUT2D eigenvalue weighted by Gasteiger charge is 2.10. The fourth-order valence-corrected chi connectivity index (χ4v) is 2.91. The molecule has 0 bridgehead atoms. The largest absolute Gasteiger partial charge is 0.457 e. The van der Waals surface area contributed by atoms with E-state index in [1.165, 1.54) is 4.70 Å². The van der Waals surface area contributed by atoms with Gasteiger partial charge in [-0.2, -0.15) is 0 Å². The SMILES string of the molecule is OCCCNCc1ccc(-c2nc3ccccc3s2)o1. The number of hydrogen-bond acceptors (Lipinski definition) is 5. The molecule has 0 amide bonds. The Morgan fingerprint density at radius 3 is 2.95 bits per heavy atom. The molecule has 0 aliphatic heterocycles. The monoisotopic (exact) mass is 288 g/mol. The zero-order chi connectivity index (χ0) is 13.8. The summed E-state index contributed by atoms with van der Waals surface area (Å²) in [6.07, 6.45) is 0.755. The molecule has 3 rings (SSSR count). The second-order valence-electron chi connectivity index (χ2n) is 4.51. The first-order chi connectivity index (χ1) is 9.86. The summed E-state index contributed by atoms with van der Waals surface area (Å²) in [4.78, 5) is 4.58. The molecule has 104 valence electrons. The molecule has 0 radical (unpaired) electrons. The molecule has 0 saturated carbocycles. The van der Waals surface area contributed by atoms with E-state index < -0.39 is 0 Å². The van der Waals surface area contributed by atoms with E-state index in [-0.39, 0.29) is 6.61 Å². The van der Waals surface area contributed by atoms with Gasteiger partial charge in [0.05, 0.1) is 16.8 Å². The number of hydrogen-bond donors (Lipinski definition) is 2. The second-order valence-corrected chi connectivity index (χ2v) is 5.54. The summed E-state index contributed by atoms with van der Waals surface area (Å²) in [6, 6.07) is 12.0. The lowest BCUT2D eigenvalue weighted by molar-refractivity contribution is 0.285. The Balaban J connectivity index is 1.72. The van der Waals surface area contributed by atoms with Gasteiger partial charge in [-0.1, -0.05) is 12.1 Å². The van der Waals surface area contributed by atoms with Crippen molar-refractivity contribution in [1.29, 1.82) is 0 Å². The van der Waals surface area contributed by atoms with Crippen LogP contribution in [0.2, 0.25) is 0 Å². The van der Waals surface area contributed by atoms with E-state index in [4.69, 9.17) is 9.52 Å². The number of rotatable bonds is 6. The van der Waals surface area contributed by atoms with Crippen molar-refractivity contribution in [1.82, 2.24) is 10.3 Å². The molecule has 0 aliphatic carbocycles. The van der Waals surface area contributed by atoms with Gasteiger partial charge in [0.1, 0.15) is 5.76 Å². The number of aliphatic hydroxyl groups excluding tert-OH is 1. The van der Waals surface area contributed by atoms with Crippen molar-refractivity contribution in [2.75, 3.05) is 13.2 Å². The Morgan fingerprint density at radius 1 is 1.20 bits per heavy atom. The molecular weight excluding hydrogens is 272 g/mol. The highest BCUT2D eigenvalue weighted by atomic mass is 32.1. The molecule has 2 N–H and O–H groups in total. The van der Waals surface area contributed by atoms with Crippen LogP contribution in [0.1, 0.15) is 12.2 Å². The minimum absolute atomic E-state index is 0.210. The van der Waals surface area contributed by atoms with E-state index in [2.05, 4.69) is 16.4 Å². The van der Waals surface area contributed by atoms with Crippen LogP contribution in [-0.2, 0) is 6.54 Å². The lowest BCUT2D eigenvalue weighted by Gasteiger charge is -1.99. The van der Waals surface area contributed by atoms with Crippen molar-refractivity contribution >= 4 is 21.6 Å². The van der Waals surface area contributed by atoms with Gasteiger partial charge < -0.3 is 14.8 Å². The first kappa shape index (κ1) is 13.3. The van der Waals surface area contributed by atoms with Gasteiger partial charge in [0.15, 0.2) is 10.8 Å². The van der Waals surface area contributed by atoms with E-state index in [0.717, 1.165) is 35.0 Å². The maximum absolute atomic E-state index is 8.72. The van der Waals surface area contributed by atoms with Crippen molar-refractivity contribution < 1.29 is 9.52 Å². The predicted octanol–water partition coefficient (Wildman–Crippen LogP) is 3.03. The lowest BCUT2D eigenvalue weighted by atomic mass is 10.3. The standard InChI is InChI=1S/C15H16N2O2S/c18-9-3-8-16-10-11-6-7-13(19-11)15-17-12-4-1-2-5-14(12)20-15/h1-2,4-7,16,18H,3,8-10H2. The maximum atomic E-state index is 8.72. The van der Waals surface area contributed by atoms with Gasteiger partial charge >= 0.3 is 0 Å². The van der Waals surface area contributed by atoms with Crippen LogP contribution in [0.4, 0.5) is 0 Å². The van der Waals surface area contributed by atoms with Crippen LogP contribution in [0.5, 0.6) is 0 Å². The first-order valence-electron chi connectivity index (χ1n) is 6.63. The van der Waals surface area contributed by atoms with Crippen LogP contribution in [0, 0.1) is 0 Å². The minimum Gasteiger partial charge on any atom is -0.457 e. The van der Waals surface area contributed by atoms with Crippen molar-refractivity contribution in [3.8, 4) is 10.8 Å². The van der Waals surface area contributed by atoms with Crippen LogP contribution in [-0.4, -0.2) is 23.2 Å². The van der Waals surface area contributed by atoms with Crippen LogP contribution in [0.3, 0.4) is 0 Å². The van der Waals surface area contributed by atoms with Crippen LogP contribution in [0.15, 0.2) is 40.8 Å². The molecule has 0 fully saturated rings. The number of benzene rings is 1. The first-order valence-corrected chi connectivity index (χ1v) is 7.45. The summed E-state index contributed by atoms with van der Waals surface area (Å²) < 4.78 is 6.97. The molecule has 1 aromatic carbocycles. The molecular formula is C15H16N2O2S. The number of aliphatic hydroxyl groups is 1. The maximum Gasteiger partial charge on any atom is 0.163 e. The minimum atomic E-state index is 0.210. The predicted molar refractivity (Wildman–Crippen MR) is 80.7 cm³/mol. The third kappa shape index (κ3) is 2.90. The topological polar surface area (TPSA) is 58.3 Å².